The smallest absolute Gasteiger partial charge is 0.289 e. The van der Waals surface area contributed by atoms with E-state index in [0.29, 0.717) is 43.2 Å². The van der Waals surface area contributed by atoms with Gasteiger partial charge in [-0.1, -0.05) is 6.07 Å². The summed E-state index contributed by atoms with van der Waals surface area (Å²) in [5, 5.41) is 3.10. The summed E-state index contributed by atoms with van der Waals surface area (Å²) in [4.78, 5) is 39.6. The maximum atomic E-state index is 12.7. The van der Waals surface area contributed by atoms with Crippen molar-refractivity contribution < 1.29 is 18.8 Å². The fourth-order valence-corrected chi connectivity index (χ4v) is 3.03. The molecule has 27 heavy (non-hydrogen) atoms. The summed E-state index contributed by atoms with van der Waals surface area (Å²) >= 11 is 0. The van der Waals surface area contributed by atoms with Crippen molar-refractivity contribution >= 4 is 23.4 Å². The average molecular weight is 370 g/mol. The van der Waals surface area contributed by atoms with Crippen LogP contribution in [0.15, 0.2) is 47.1 Å². The maximum absolute atomic E-state index is 12.7. The summed E-state index contributed by atoms with van der Waals surface area (Å²) < 4.78 is 5.14. The predicted molar refractivity (Wildman–Crippen MR) is 99.2 cm³/mol. The Balaban J connectivity index is 1.55. The summed E-state index contributed by atoms with van der Waals surface area (Å²) in [7, 11) is 0. The number of furan rings is 1. The van der Waals surface area contributed by atoms with E-state index in [-0.39, 0.29) is 11.8 Å². The molecule has 142 valence electrons. The molecule has 0 radical (unpaired) electrons. The van der Waals surface area contributed by atoms with Gasteiger partial charge in [-0.05, 0) is 37.3 Å². The molecule has 0 aliphatic carbocycles. The van der Waals surface area contributed by atoms with Gasteiger partial charge in [-0.2, -0.15) is 0 Å². The number of benzene rings is 1. The molecule has 2 aromatic rings. The van der Waals surface area contributed by atoms with Crippen LogP contribution in [0.2, 0.25) is 0 Å². The van der Waals surface area contributed by atoms with Crippen molar-refractivity contribution in [3.8, 4) is 0 Å². The zero-order valence-electron chi connectivity index (χ0n) is 15.1. The second-order valence-corrected chi connectivity index (χ2v) is 6.41. The molecule has 1 saturated heterocycles. The highest BCUT2D eigenvalue weighted by Gasteiger charge is 2.28. The Morgan fingerprint density at radius 2 is 1.78 bits per heavy atom. The topological polar surface area (TPSA) is 109 Å². The first-order valence-corrected chi connectivity index (χ1v) is 8.73. The fraction of sp³-hybridized carbons (Fsp3) is 0.316. The molecule has 0 bridgehead atoms. The first-order chi connectivity index (χ1) is 13.0. The number of piperazine rings is 1. The molecule has 1 fully saturated rings. The average Bonchev–Trinajstić information content (AvgIpc) is 3.22. The molecule has 0 spiro atoms. The summed E-state index contributed by atoms with van der Waals surface area (Å²) in [6.45, 7) is 3.58. The Kier molecular flexibility index (Phi) is 5.44. The molecule has 1 aromatic heterocycles. The first kappa shape index (κ1) is 18.5. The molecule has 2 heterocycles. The van der Waals surface area contributed by atoms with E-state index in [1.807, 2.05) is 0 Å². The Bertz CT molecular complexity index is 826. The fourth-order valence-electron chi connectivity index (χ4n) is 3.03. The molecule has 1 atom stereocenters. The standard InChI is InChI=1S/C19H22N4O4/c1-13(21-15-5-2-4-14(12-15)17(20)24)18(25)22-7-9-23(10-8-22)19(26)16-6-3-11-27-16/h2-6,11-13,21H,7-10H2,1H3,(H2,20,24)/t13-/m0/s1. The number of carbonyl (C=O) groups excluding carboxylic acids is 3. The van der Waals surface area contributed by atoms with Gasteiger partial charge in [0.2, 0.25) is 11.8 Å². The first-order valence-electron chi connectivity index (χ1n) is 8.73. The van der Waals surface area contributed by atoms with Crippen LogP contribution in [-0.4, -0.2) is 59.7 Å². The monoisotopic (exact) mass is 370 g/mol. The van der Waals surface area contributed by atoms with Crippen molar-refractivity contribution in [1.82, 2.24) is 9.80 Å². The molecule has 8 heteroatoms. The number of carbonyl (C=O) groups is 3. The van der Waals surface area contributed by atoms with Crippen molar-refractivity contribution in [3.63, 3.8) is 0 Å². The lowest BCUT2D eigenvalue weighted by atomic mass is 10.1. The highest BCUT2D eigenvalue weighted by Crippen LogP contribution is 2.14. The highest BCUT2D eigenvalue weighted by molar-refractivity contribution is 5.94. The molecule has 0 saturated carbocycles. The van der Waals surface area contributed by atoms with Gasteiger partial charge in [0.15, 0.2) is 5.76 Å². The van der Waals surface area contributed by atoms with Crippen LogP contribution < -0.4 is 11.1 Å². The normalized spacial score (nSPS) is 15.3. The summed E-state index contributed by atoms with van der Waals surface area (Å²) in [6, 6.07) is 9.55. The SMILES string of the molecule is C[C@H](Nc1cccc(C(N)=O)c1)C(=O)N1CCN(C(=O)c2ccco2)CC1. The van der Waals surface area contributed by atoms with E-state index in [2.05, 4.69) is 5.32 Å². The van der Waals surface area contributed by atoms with Crippen LogP contribution in [-0.2, 0) is 4.79 Å². The van der Waals surface area contributed by atoms with E-state index in [1.165, 1.54) is 6.26 Å². The molecule has 1 aliphatic rings. The molecule has 3 amide bonds. The third kappa shape index (κ3) is 4.28. The molecule has 1 aliphatic heterocycles. The number of hydrogen-bond acceptors (Lipinski definition) is 5. The number of nitrogens with two attached hydrogens (primary N) is 1. The van der Waals surface area contributed by atoms with E-state index in [9.17, 15) is 14.4 Å². The number of nitrogens with zero attached hydrogens (tertiary/aromatic N) is 2. The lowest BCUT2D eigenvalue weighted by Gasteiger charge is -2.35. The maximum Gasteiger partial charge on any atom is 0.289 e. The van der Waals surface area contributed by atoms with Gasteiger partial charge in [0.25, 0.3) is 5.91 Å². The van der Waals surface area contributed by atoms with Crippen LogP contribution in [0.4, 0.5) is 5.69 Å². The quantitative estimate of drug-likeness (QED) is 0.821. The zero-order chi connectivity index (χ0) is 19.4. The Labute approximate surface area is 156 Å². The summed E-state index contributed by atoms with van der Waals surface area (Å²) in [5.74, 6) is -0.444. The third-order valence-corrected chi connectivity index (χ3v) is 4.51. The number of amides is 3. The van der Waals surface area contributed by atoms with Crippen LogP contribution in [0.3, 0.4) is 0 Å². The zero-order valence-corrected chi connectivity index (χ0v) is 15.1. The third-order valence-electron chi connectivity index (χ3n) is 4.51. The van der Waals surface area contributed by atoms with E-state index in [1.54, 1.807) is 53.1 Å². The highest BCUT2D eigenvalue weighted by atomic mass is 16.3. The number of primary amides is 1. The largest absolute Gasteiger partial charge is 0.459 e. The van der Waals surface area contributed by atoms with Gasteiger partial charge in [0, 0.05) is 37.4 Å². The van der Waals surface area contributed by atoms with E-state index < -0.39 is 11.9 Å². The minimum absolute atomic E-state index is 0.0652. The Morgan fingerprint density at radius 3 is 2.41 bits per heavy atom. The minimum atomic E-state index is -0.519. The lowest BCUT2D eigenvalue weighted by molar-refractivity contribution is -0.133. The van der Waals surface area contributed by atoms with Gasteiger partial charge in [-0.15, -0.1) is 0 Å². The van der Waals surface area contributed by atoms with Crippen molar-refractivity contribution in [1.29, 1.82) is 0 Å². The van der Waals surface area contributed by atoms with Crippen molar-refractivity contribution in [2.24, 2.45) is 5.73 Å². The van der Waals surface area contributed by atoms with Crippen LogP contribution in [0.5, 0.6) is 0 Å². The van der Waals surface area contributed by atoms with Gasteiger partial charge in [0.1, 0.15) is 6.04 Å². The van der Waals surface area contributed by atoms with Crippen LogP contribution in [0.25, 0.3) is 0 Å². The van der Waals surface area contributed by atoms with Gasteiger partial charge < -0.3 is 25.3 Å². The lowest BCUT2D eigenvalue weighted by Crippen LogP contribution is -2.53. The predicted octanol–water partition coefficient (Wildman–Crippen LogP) is 1.16. The summed E-state index contributed by atoms with van der Waals surface area (Å²) in [5.41, 5.74) is 6.31. The van der Waals surface area contributed by atoms with Gasteiger partial charge in [-0.3, -0.25) is 14.4 Å². The Morgan fingerprint density at radius 1 is 1.07 bits per heavy atom. The van der Waals surface area contributed by atoms with E-state index in [4.69, 9.17) is 10.2 Å². The number of anilines is 1. The number of nitrogens with one attached hydrogen (secondary N) is 1. The summed E-state index contributed by atoms with van der Waals surface area (Å²) in [6.07, 6.45) is 1.47. The molecule has 3 N–H and O–H groups in total. The molecular formula is C19H22N4O4. The van der Waals surface area contributed by atoms with Crippen molar-refractivity contribution in [2.75, 3.05) is 31.5 Å². The van der Waals surface area contributed by atoms with E-state index in [0.717, 1.165) is 0 Å². The van der Waals surface area contributed by atoms with E-state index >= 15 is 0 Å². The molecule has 3 rings (SSSR count). The molecule has 8 nitrogen and oxygen atoms in total. The van der Waals surface area contributed by atoms with Gasteiger partial charge >= 0.3 is 0 Å². The number of hydrogen-bond donors (Lipinski definition) is 2. The second kappa shape index (κ2) is 7.94. The van der Waals surface area contributed by atoms with Crippen molar-refractivity contribution in [2.45, 2.75) is 13.0 Å². The number of rotatable bonds is 5. The Hall–Kier alpha value is -3.29. The molecular weight excluding hydrogens is 348 g/mol. The van der Waals surface area contributed by atoms with Crippen LogP contribution in [0, 0.1) is 0 Å². The minimum Gasteiger partial charge on any atom is -0.459 e. The van der Waals surface area contributed by atoms with Crippen molar-refractivity contribution in [3.05, 3.63) is 54.0 Å². The molecule has 0 unspecified atom stereocenters. The van der Waals surface area contributed by atoms with Gasteiger partial charge in [-0.25, -0.2) is 0 Å². The van der Waals surface area contributed by atoms with Gasteiger partial charge in [0.05, 0.1) is 6.26 Å². The van der Waals surface area contributed by atoms with Crippen LogP contribution in [0.1, 0.15) is 27.8 Å². The molecule has 1 aromatic carbocycles. The second-order valence-electron chi connectivity index (χ2n) is 6.41. The van der Waals surface area contributed by atoms with Crippen LogP contribution >= 0.6 is 0 Å².